The lowest BCUT2D eigenvalue weighted by molar-refractivity contribution is 0.0599. The molecule has 0 aliphatic rings. The van der Waals surface area contributed by atoms with Crippen molar-refractivity contribution < 1.29 is 9.53 Å². The topological polar surface area (TPSA) is 64.1 Å². The Labute approximate surface area is 105 Å². The van der Waals surface area contributed by atoms with Gasteiger partial charge in [-0.25, -0.2) is 14.8 Å². The molecule has 0 radical (unpaired) electrons. The fourth-order valence-corrected chi connectivity index (χ4v) is 1.57. The standard InChI is InChI=1S/C13H13N3O2/c1-18-13(17)12-5-3-2-4-10(12)6-16-11-7-14-9-15-8-11/h2-5,7-9,16H,6H2,1H3. The Kier molecular flexibility index (Phi) is 3.86. The molecule has 1 heterocycles. The third-order valence-corrected chi connectivity index (χ3v) is 2.47. The number of nitrogens with zero attached hydrogens (tertiary/aromatic N) is 2. The highest BCUT2D eigenvalue weighted by Gasteiger charge is 2.10. The van der Waals surface area contributed by atoms with Crippen LogP contribution in [-0.4, -0.2) is 23.0 Å². The molecule has 1 aromatic carbocycles. The van der Waals surface area contributed by atoms with E-state index in [1.54, 1.807) is 24.5 Å². The number of carbonyl (C=O) groups is 1. The molecule has 0 amide bonds. The van der Waals surface area contributed by atoms with Crippen molar-refractivity contribution in [3.05, 3.63) is 54.1 Å². The van der Waals surface area contributed by atoms with E-state index in [4.69, 9.17) is 4.74 Å². The maximum absolute atomic E-state index is 11.6. The molecule has 5 nitrogen and oxygen atoms in total. The van der Waals surface area contributed by atoms with Crippen molar-refractivity contribution in [3.8, 4) is 0 Å². The van der Waals surface area contributed by atoms with E-state index in [1.165, 1.54) is 13.4 Å². The molecule has 0 fully saturated rings. The van der Waals surface area contributed by atoms with Gasteiger partial charge >= 0.3 is 5.97 Å². The summed E-state index contributed by atoms with van der Waals surface area (Å²) in [6.45, 7) is 0.513. The summed E-state index contributed by atoms with van der Waals surface area (Å²) in [6.07, 6.45) is 4.81. The fourth-order valence-electron chi connectivity index (χ4n) is 1.57. The maximum Gasteiger partial charge on any atom is 0.338 e. The quantitative estimate of drug-likeness (QED) is 0.830. The Morgan fingerprint density at radius 2 is 2.00 bits per heavy atom. The third-order valence-electron chi connectivity index (χ3n) is 2.47. The second-order valence-corrected chi connectivity index (χ2v) is 3.63. The first-order valence-electron chi connectivity index (χ1n) is 5.46. The van der Waals surface area contributed by atoms with E-state index < -0.39 is 0 Å². The van der Waals surface area contributed by atoms with Crippen LogP contribution in [0.25, 0.3) is 0 Å². The van der Waals surface area contributed by atoms with Gasteiger partial charge in [0.25, 0.3) is 0 Å². The minimum absolute atomic E-state index is 0.336. The zero-order valence-electron chi connectivity index (χ0n) is 9.96. The largest absolute Gasteiger partial charge is 0.465 e. The SMILES string of the molecule is COC(=O)c1ccccc1CNc1cncnc1. The molecule has 1 N–H and O–H groups in total. The number of hydrogen-bond acceptors (Lipinski definition) is 5. The number of carbonyl (C=O) groups excluding carboxylic acids is 1. The summed E-state index contributed by atoms with van der Waals surface area (Å²) in [7, 11) is 1.37. The lowest BCUT2D eigenvalue weighted by Gasteiger charge is -2.09. The number of hydrogen-bond donors (Lipinski definition) is 1. The fraction of sp³-hybridized carbons (Fsp3) is 0.154. The van der Waals surface area contributed by atoms with Gasteiger partial charge < -0.3 is 10.1 Å². The molecule has 0 aliphatic heterocycles. The van der Waals surface area contributed by atoms with E-state index in [0.29, 0.717) is 12.1 Å². The summed E-state index contributed by atoms with van der Waals surface area (Å²) in [4.78, 5) is 19.4. The summed E-state index contributed by atoms with van der Waals surface area (Å²) in [5, 5.41) is 3.15. The Hall–Kier alpha value is -2.43. The van der Waals surface area contributed by atoms with Crippen LogP contribution in [0.1, 0.15) is 15.9 Å². The second-order valence-electron chi connectivity index (χ2n) is 3.63. The van der Waals surface area contributed by atoms with Gasteiger partial charge in [0, 0.05) is 6.54 Å². The van der Waals surface area contributed by atoms with Gasteiger partial charge in [-0.1, -0.05) is 18.2 Å². The molecule has 0 spiro atoms. The van der Waals surface area contributed by atoms with Crippen molar-refractivity contribution in [1.82, 2.24) is 9.97 Å². The summed E-state index contributed by atoms with van der Waals surface area (Å²) in [5.74, 6) is -0.336. The molecule has 1 aromatic heterocycles. The lowest BCUT2D eigenvalue weighted by atomic mass is 10.1. The van der Waals surface area contributed by atoms with Crippen LogP contribution >= 0.6 is 0 Å². The highest BCUT2D eigenvalue weighted by atomic mass is 16.5. The van der Waals surface area contributed by atoms with Gasteiger partial charge in [-0.3, -0.25) is 0 Å². The molecule has 0 bridgehead atoms. The molecule has 0 saturated heterocycles. The van der Waals surface area contributed by atoms with Gasteiger partial charge in [0.1, 0.15) is 6.33 Å². The van der Waals surface area contributed by atoms with E-state index >= 15 is 0 Å². The molecule has 5 heteroatoms. The Morgan fingerprint density at radius 3 is 2.72 bits per heavy atom. The minimum atomic E-state index is -0.336. The zero-order chi connectivity index (χ0) is 12.8. The van der Waals surface area contributed by atoms with Crippen molar-refractivity contribution in [2.45, 2.75) is 6.54 Å². The van der Waals surface area contributed by atoms with Crippen molar-refractivity contribution in [1.29, 1.82) is 0 Å². The van der Waals surface area contributed by atoms with Gasteiger partial charge in [0.2, 0.25) is 0 Å². The molecule has 92 valence electrons. The Bertz CT molecular complexity index is 529. The number of benzene rings is 1. The van der Waals surface area contributed by atoms with E-state index in [-0.39, 0.29) is 5.97 Å². The first-order chi connectivity index (χ1) is 8.81. The van der Waals surface area contributed by atoms with E-state index in [2.05, 4.69) is 15.3 Å². The van der Waals surface area contributed by atoms with Crippen molar-refractivity contribution >= 4 is 11.7 Å². The third kappa shape index (κ3) is 2.82. The van der Waals surface area contributed by atoms with Crippen LogP contribution in [0.5, 0.6) is 0 Å². The highest BCUT2D eigenvalue weighted by molar-refractivity contribution is 5.91. The molecule has 2 rings (SSSR count). The van der Waals surface area contributed by atoms with E-state index in [1.807, 2.05) is 12.1 Å². The smallest absolute Gasteiger partial charge is 0.338 e. The van der Waals surface area contributed by atoms with Crippen molar-refractivity contribution in [3.63, 3.8) is 0 Å². The van der Waals surface area contributed by atoms with Crippen LogP contribution in [0, 0.1) is 0 Å². The number of ether oxygens (including phenoxy) is 1. The summed E-state index contributed by atoms with van der Waals surface area (Å²) in [6, 6.07) is 7.31. The first kappa shape index (κ1) is 12.0. The summed E-state index contributed by atoms with van der Waals surface area (Å²) >= 11 is 0. The van der Waals surface area contributed by atoms with Crippen LogP contribution in [0.2, 0.25) is 0 Å². The van der Waals surface area contributed by atoms with Crippen molar-refractivity contribution in [2.75, 3.05) is 12.4 Å². The number of esters is 1. The van der Waals surface area contributed by atoms with E-state index in [0.717, 1.165) is 11.3 Å². The molecule has 0 atom stereocenters. The van der Waals surface area contributed by atoms with E-state index in [9.17, 15) is 4.79 Å². The van der Waals surface area contributed by atoms with Crippen molar-refractivity contribution in [2.24, 2.45) is 0 Å². The lowest BCUT2D eigenvalue weighted by Crippen LogP contribution is -2.09. The molecule has 0 unspecified atom stereocenters. The zero-order valence-corrected chi connectivity index (χ0v) is 9.96. The average Bonchev–Trinajstić information content (AvgIpc) is 2.45. The van der Waals surface area contributed by atoms with Gasteiger partial charge in [-0.2, -0.15) is 0 Å². The van der Waals surface area contributed by atoms with Crippen LogP contribution in [0.4, 0.5) is 5.69 Å². The van der Waals surface area contributed by atoms with Crippen LogP contribution < -0.4 is 5.32 Å². The molecule has 0 saturated carbocycles. The molecule has 0 aliphatic carbocycles. The predicted octanol–water partition coefficient (Wildman–Crippen LogP) is 1.88. The Balaban J connectivity index is 2.12. The van der Waals surface area contributed by atoms with Gasteiger partial charge in [-0.05, 0) is 11.6 Å². The predicted molar refractivity (Wildman–Crippen MR) is 67.1 cm³/mol. The number of anilines is 1. The van der Waals surface area contributed by atoms with Crippen LogP contribution in [0.15, 0.2) is 43.0 Å². The molecule has 2 aromatic rings. The highest BCUT2D eigenvalue weighted by Crippen LogP contribution is 2.12. The van der Waals surface area contributed by atoms with Gasteiger partial charge in [-0.15, -0.1) is 0 Å². The molecular formula is C13H13N3O2. The number of aromatic nitrogens is 2. The number of rotatable bonds is 4. The second kappa shape index (κ2) is 5.77. The molecular weight excluding hydrogens is 230 g/mol. The maximum atomic E-state index is 11.6. The van der Waals surface area contributed by atoms with Crippen LogP contribution in [0.3, 0.4) is 0 Å². The number of methoxy groups -OCH3 is 1. The van der Waals surface area contributed by atoms with Gasteiger partial charge in [0.15, 0.2) is 0 Å². The van der Waals surface area contributed by atoms with Crippen LogP contribution in [-0.2, 0) is 11.3 Å². The minimum Gasteiger partial charge on any atom is -0.465 e. The summed E-state index contributed by atoms with van der Waals surface area (Å²) < 4.78 is 4.74. The van der Waals surface area contributed by atoms with Gasteiger partial charge in [0.05, 0.1) is 30.8 Å². The first-order valence-corrected chi connectivity index (χ1v) is 5.46. The Morgan fingerprint density at radius 1 is 1.28 bits per heavy atom. The summed E-state index contributed by atoms with van der Waals surface area (Å²) in [5.41, 5.74) is 2.23. The normalized spacial score (nSPS) is 9.83. The molecule has 18 heavy (non-hydrogen) atoms. The number of nitrogens with one attached hydrogen (secondary N) is 1. The average molecular weight is 243 g/mol. The monoisotopic (exact) mass is 243 g/mol.